The van der Waals surface area contributed by atoms with Gasteiger partial charge in [-0.25, -0.2) is 13.8 Å². The van der Waals surface area contributed by atoms with E-state index in [2.05, 4.69) is 10.3 Å². The standard InChI is InChI=1S/C21H13F4N3O3S/c1-30-16-3-2-11(6-12(9-26)20(29)28-21-27-4-5-32-21)7-13(16)10-31-19-17(24)14(22)8-15(23)18(19)25/h2-8H,10H2,1H3,(H,27,28,29)/b12-6+. The fourth-order valence-corrected chi connectivity index (χ4v) is 3.12. The van der Waals surface area contributed by atoms with E-state index in [1.54, 1.807) is 11.4 Å². The van der Waals surface area contributed by atoms with Crippen LogP contribution in [0, 0.1) is 34.6 Å². The molecule has 11 heteroatoms. The Morgan fingerprint density at radius 1 is 1.22 bits per heavy atom. The molecule has 0 saturated heterocycles. The SMILES string of the molecule is COc1ccc(/C=C(\C#N)C(=O)Nc2nccs2)cc1COc1c(F)c(F)cc(F)c1F. The van der Waals surface area contributed by atoms with E-state index in [1.165, 1.54) is 48.9 Å². The van der Waals surface area contributed by atoms with E-state index in [9.17, 15) is 27.6 Å². The second kappa shape index (κ2) is 9.93. The number of benzene rings is 2. The fourth-order valence-electron chi connectivity index (χ4n) is 2.59. The zero-order chi connectivity index (χ0) is 23.3. The number of methoxy groups -OCH3 is 1. The van der Waals surface area contributed by atoms with Gasteiger partial charge in [0.2, 0.25) is 11.6 Å². The van der Waals surface area contributed by atoms with Gasteiger partial charge in [-0.15, -0.1) is 11.3 Å². The van der Waals surface area contributed by atoms with Gasteiger partial charge in [0.05, 0.1) is 7.11 Å². The lowest BCUT2D eigenvalue weighted by atomic mass is 10.1. The summed E-state index contributed by atoms with van der Waals surface area (Å²) in [5, 5.41) is 13.8. The maximum Gasteiger partial charge on any atom is 0.268 e. The number of hydrogen-bond donors (Lipinski definition) is 1. The Morgan fingerprint density at radius 3 is 2.53 bits per heavy atom. The van der Waals surface area contributed by atoms with Gasteiger partial charge in [0.15, 0.2) is 22.5 Å². The zero-order valence-electron chi connectivity index (χ0n) is 16.3. The van der Waals surface area contributed by atoms with Crippen molar-refractivity contribution < 1.29 is 31.8 Å². The molecule has 1 N–H and O–H groups in total. The van der Waals surface area contributed by atoms with Gasteiger partial charge in [-0.2, -0.15) is 14.0 Å². The second-order valence-corrected chi connectivity index (χ2v) is 7.01. The molecule has 0 unspecified atom stereocenters. The average molecular weight is 463 g/mol. The van der Waals surface area contributed by atoms with Gasteiger partial charge < -0.3 is 9.47 Å². The molecular formula is C21H13F4N3O3S. The van der Waals surface area contributed by atoms with Crippen LogP contribution in [-0.2, 0) is 11.4 Å². The van der Waals surface area contributed by atoms with Gasteiger partial charge in [-0.3, -0.25) is 10.1 Å². The molecule has 0 aliphatic heterocycles. The van der Waals surface area contributed by atoms with Crippen LogP contribution >= 0.6 is 11.3 Å². The van der Waals surface area contributed by atoms with E-state index in [0.717, 1.165) is 0 Å². The van der Waals surface area contributed by atoms with Gasteiger partial charge in [0.25, 0.3) is 5.91 Å². The summed E-state index contributed by atoms with van der Waals surface area (Å²) in [5.41, 5.74) is 0.366. The van der Waals surface area contributed by atoms with E-state index in [4.69, 9.17) is 9.47 Å². The highest BCUT2D eigenvalue weighted by Crippen LogP contribution is 2.29. The number of ether oxygens (including phenoxy) is 2. The largest absolute Gasteiger partial charge is 0.496 e. The molecule has 0 aliphatic rings. The third-order valence-corrected chi connectivity index (χ3v) is 4.77. The molecule has 164 valence electrons. The van der Waals surface area contributed by atoms with Gasteiger partial charge >= 0.3 is 0 Å². The van der Waals surface area contributed by atoms with Gasteiger partial charge in [0.1, 0.15) is 24.0 Å². The molecule has 0 radical (unpaired) electrons. The Kier molecular flexibility index (Phi) is 7.07. The van der Waals surface area contributed by atoms with Gasteiger partial charge in [0, 0.05) is 23.2 Å². The molecule has 3 aromatic rings. The molecule has 6 nitrogen and oxygen atoms in total. The number of carbonyl (C=O) groups is 1. The van der Waals surface area contributed by atoms with E-state index in [1.807, 2.05) is 0 Å². The zero-order valence-corrected chi connectivity index (χ0v) is 17.1. The smallest absolute Gasteiger partial charge is 0.268 e. The second-order valence-electron chi connectivity index (χ2n) is 6.12. The molecule has 0 aliphatic carbocycles. The van der Waals surface area contributed by atoms with Gasteiger partial charge in [-0.05, 0) is 23.8 Å². The molecule has 0 bridgehead atoms. The van der Waals surface area contributed by atoms with E-state index in [0.29, 0.717) is 10.7 Å². The number of hydrogen-bond acceptors (Lipinski definition) is 6. The summed E-state index contributed by atoms with van der Waals surface area (Å²) in [6, 6.07) is 6.28. The maximum absolute atomic E-state index is 13.8. The summed E-state index contributed by atoms with van der Waals surface area (Å²) in [7, 11) is 1.33. The Morgan fingerprint density at radius 2 is 1.94 bits per heavy atom. The van der Waals surface area contributed by atoms with Crippen LogP contribution in [0.5, 0.6) is 11.5 Å². The Hall–Kier alpha value is -3.91. The molecular weight excluding hydrogens is 450 g/mol. The quantitative estimate of drug-likeness (QED) is 0.235. The lowest BCUT2D eigenvalue weighted by molar-refractivity contribution is -0.112. The average Bonchev–Trinajstić information content (AvgIpc) is 3.29. The molecule has 0 atom stereocenters. The number of nitriles is 1. The summed E-state index contributed by atoms with van der Waals surface area (Å²) in [6.07, 6.45) is 2.76. The van der Waals surface area contributed by atoms with Crippen molar-refractivity contribution in [2.24, 2.45) is 0 Å². The number of carbonyl (C=O) groups excluding carboxylic acids is 1. The van der Waals surface area contributed by atoms with Gasteiger partial charge in [-0.1, -0.05) is 6.07 Å². The van der Waals surface area contributed by atoms with Crippen molar-refractivity contribution in [3.8, 4) is 17.6 Å². The number of anilines is 1. The van der Waals surface area contributed by atoms with Crippen molar-refractivity contribution >= 4 is 28.5 Å². The highest BCUT2D eigenvalue weighted by Gasteiger charge is 2.21. The van der Waals surface area contributed by atoms with Crippen molar-refractivity contribution in [1.82, 2.24) is 4.98 Å². The van der Waals surface area contributed by atoms with Crippen molar-refractivity contribution in [2.45, 2.75) is 6.61 Å². The summed E-state index contributed by atoms with van der Waals surface area (Å²) in [4.78, 5) is 16.2. The summed E-state index contributed by atoms with van der Waals surface area (Å²) < 4.78 is 64.6. The van der Waals surface area contributed by atoms with E-state index >= 15 is 0 Å². The monoisotopic (exact) mass is 463 g/mol. The normalized spacial score (nSPS) is 11.1. The summed E-state index contributed by atoms with van der Waals surface area (Å²) in [5.74, 6) is -8.22. The minimum absolute atomic E-state index is 0.0731. The highest BCUT2D eigenvalue weighted by atomic mass is 32.1. The minimum atomic E-state index is -1.68. The first-order valence-corrected chi connectivity index (χ1v) is 9.67. The highest BCUT2D eigenvalue weighted by molar-refractivity contribution is 7.13. The third kappa shape index (κ3) is 5.04. The van der Waals surface area contributed by atoms with Crippen LogP contribution in [0.3, 0.4) is 0 Å². The predicted octanol–water partition coefficient (Wildman–Crippen LogP) is 4.83. The van der Waals surface area contributed by atoms with Crippen LogP contribution in [0.4, 0.5) is 22.7 Å². The van der Waals surface area contributed by atoms with Crippen LogP contribution in [-0.4, -0.2) is 18.0 Å². The number of nitrogens with one attached hydrogen (secondary N) is 1. The van der Waals surface area contributed by atoms with Crippen LogP contribution in [0.2, 0.25) is 0 Å². The van der Waals surface area contributed by atoms with E-state index < -0.39 is 41.5 Å². The lowest BCUT2D eigenvalue weighted by Crippen LogP contribution is -2.13. The van der Waals surface area contributed by atoms with Crippen molar-refractivity contribution in [1.29, 1.82) is 5.26 Å². The predicted molar refractivity (Wildman–Crippen MR) is 108 cm³/mol. The van der Waals surface area contributed by atoms with Crippen LogP contribution in [0.15, 0.2) is 41.4 Å². The molecule has 1 amide bonds. The molecule has 3 rings (SSSR count). The van der Waals surface area contributed by atoms with Crippen LogP contribution in [0.1, 0.15) is 11.1 Å². The van der Waals surface area contributed by atoms with Crippen molar-refractivity contribution in [3.63, 3.8) is 0 Å². The van der Waals surface area contributed by atoms with E-state index in [-0.39, 0.29) is 23.0 Å². The third-order valence-electron chi connectivity index (χ3n) is 4.08. The Labute approximate surface area is 183 Å². The molecule has 32 heavy (non-hydrogen) atoms. The van der Waals surface area contributed by atoms with Crippen molar-refractivity contribution in [3.05, 3.63) is 75.8 Å². The number of thiazole rings is 1. The molecule has 0 saturated carbocycles. The first kappa shape index (κ1) is 22.8. The molecule has 0 spiro atoms. The first-order valence-electron chi connectivity index (χ1n) is 8.79. The number of halogens is 4. The first-order chi connectivity index (χ1) is 15.3. The molecule has 2 aromatic carbocycles. The van der Waals surface area contributed by atoms with Crippen molar-refractivity contribution in [2.75, 3.05) is 12.4 Å². The maximum atomic E-state index is 13.8. The summed E-state index contributed by atoms with van der Waals surface area (Å²) >= 11 is 1.17. The van der Waals surface area contributed by atoms with Crippen LogP contribution < -0.4 is 14.8 Å². The fraction of sp³-hybridized carbons (Fsp3) is 0.0952. The lowest BCUT2D eigenvalue weighted by Gasteiger charge is -2.13. The minimum Gasteiger partial charge on any atom is -0.496 e. The molecule has 1 aromatic heterocycles. The summed E-state index contributed by atoms with van der Waals surface area (Å²) in [6.45, 7) is -0.519. The number of rotatable bonds is 7. The number of nitrogens with zero attached hydrogens (tertiary/aromatic N) is 2. The Bertz CT molecular complexity index is 1200. The molecule has 1 heterocycles. The number of aromatic nitrogens is 1. The number of amides is 1. The van der Waals surface area contributed by atoms with Crippen LogP contribution in [0.25, 0.3) is 6.08 Å². The topological polar surface area (TPSA) is 84.2 Å². The Balaban J connectivity index is 1.86. The molecule has 0 fully saturated rings.